The molecule has 3 aromatic carbocycles. The summed E-state index contributed by atoms with van der Waals surface area (Å²) in [6, 6.07) is 30.5. The van der Waals surface area contributed by atoms with E-state index in [0.717, 1.165) is 15.6 Å². The van der Waals surface area contributed by atoms with Crippen molar-refractivity contribution >= 4 is 29.9 Å². The highest BCUT2D eigenvalue weighted by molar-refractivity contribution is 7.10. The molecule has 0 aliphatic carbocycles. The van der Waals surface area contributed by atoms with Crippen LogP contribution in [0.3, 0.4) is 0 Å². The van der Waals surface area contributed by atoms with Crippen LogP contribution in [0.2, 0.25) is 0 Å². The van der Waals surface area contributed by atoms with Crippen LogP contribution in [0.25, 0.3) is 0 Å². The zero-order chi connectivity index (χ0) is 17.5. The second kappa shape index (κ2) is 7.81. The Kier molecular flexibility index (Phi) is 5.31. The molecule has 4 heteroatoms. The molecule has 0 bridgehead atoms. The van der Waals surface area contributed by atoms with Crippen molar-refractivity contribution in [3.05, 3.63) is 91.0 Å². The first-order chi connectivity index (χ1) is 12.3. The van der Waals surface area contributed by atoms with Gasteiger partial charge in [-0.25, -0.2) is 4.79 Å². The summed E-state index contributed by atoms with van der Waals surface area (Å²) in [6.45, 7) is 2.16. The second-order valence-corrected chi connectivity index (χ2v) is 9.18. The van der Waals surface area contributed by atoms with Crippen LogP contribution in [-0.4, -0.2) is 20.9 Å². The number of nitrogens with one attached hydrogen (secondary N) is 1. The van der Waals surface area contributed by atoms with Crippen molar-refractivity contribution in [2.24, 2.45) is 0 Å². The molecule has 1 amide bonds. The Morgan fingerprint density at radius 3 is 1.44 bits per heavy atom. The van der Waals surface area contributed by atoms with Gasteiger partial charge >= 0.3 is 6.09 Å². The summed E-state index contributed by atoms with van der Waals surface area (Å²) in [5.74, 6) is 0. The lowest BCUT2D eigenvalue weighted by Gasteiger charge is -2.33. The van der Waals surface area contributed by atoms with Crippen LogP contribution < -0.4 is 20.5 Å². The minimum atomic E-state index is -2.75. The molecule has 1 N–H and O–H groups in total. The van der Waals surface area contributed by atoms with Gasteiger partial charge in [0.25, 0.3) is 8.24 Å². The van der Waals surface area contributed by atoms with E-state index < -0.39 is 8.24 Å². The summed E-state index contributed by atoms with van der Waals surface area (Å²) in [7, 11) is -2.75. The molecule has 0 aromatic heterocycles. The number of carbonyl (C=O) groups is 1. The fourth-order valence-corrected chi connectivity index (χ4v) is 6.99. The SMILES string of the molecule is CCOC(=O)N[Si](c1ccccc1)(c1ccccc1)c1ccccc1. The predicted octanol–water partition coefficient (Wildman–Crippen LogP) is 2.40. The molecule has 0 aliphatic rings. The molecule has 0 unspecified atom stereocenters. The molecule has 126 valence electrons. The van der Waals surface area contributed by atoms with Gasteiger partial charge in [-0.2, -0.15) is 0 Å². The largest absolute Gasteiger partial charge is 0.450 e. The van der Waals surface area contributed by atoms with Crippen LogP contribution in [-0.2, 0) is 4.74 Å². The first kappa shape index (κ1) is 17.0. The van der Waals surface area contributed by atoms with Gasteiger partial charge in [0.15, 0.2) is 0 Å². The summed E-state index contributed by atoms with van der Waals surface area (Å²) in [5, 5.41) is 3.33. The Bertz CT molecular complexity index is 710. The normalized spacial score (nSPS) is 10.9. The summed E-state index contributed by atoms with van der Waals surface area (Å²) >= 11 is 0. The monoisotopic (exact) mass is 347 g/mol. The van der Waals surface area contributed by atoms with Gasteiger partial charge in [0.05, 0.1) is 6.61 Å². The van der Waals surface area contributed by atoms with Crippen molar-refractivity contribution < 1.29 is 9.53 Å². The van der Waals surface area contributed by atoms with E-state index in [4.69, 9.17) is 4.74 Å². The van der Waals surface area contributed by atoms with Crippen LogP contribution in [0.5, 0.6) is 0 Å². The van der Waals surface area contributed by atoms with E-state index in [2.05, 4.69) is 41.4 Å². The Labute approximate surface area is 149 Å². The van der Waals surface area contributed by atoms with Crippen molar-refractivity contribution in [1.82, 2.24) is 4.98 Å². The van der Waals surface area contributed by atoms with Crippen LogP contribution in [0.4, 0.5) is 4.79 Å². The van der Waals surface area contributed by atoms with Crippen LogP contribution >= 0.6 is 0 Å². The van der Waals surface area contributed by atoms with Gasteiger partial charge in [-0.3, -0.25) is 0 Å². The third kappa shape index (κ3) is 3.49. The lowest BCUT2D eigenvalue weighted by molar-refractivity contribution is 0.158. The molecule has 25 heavy (non-hydrogen) atoms. The molecule has 0 heterocycles. The van der Waals surface area contributed by atoms with E-state index >= 15 is 0 Å². The van der Waals surface area contributed by atoms with Gasteiger partial charge in [-0.05, 0) is 22.5 Å². The maximum Gasteiger partial charge on any atom is 0.399 e. The summed E-state index contributed by atoms with van der Waals surface area (Å²) < 4.78 is 5.25. The highest BCUT2D eigenvalue weighted by Crippen LogP contribution is 2.05. The number of benzene rings is 3. The third-order valence-electron chi connectivity index (χ3n) is 4.19. The smallest absolute Gasteiger partial charge is 0.399 e. The predicted molar refractivity (Wildman–Crippen MR) is 104 cm³/mol. The van der Waals surface area contributed by atoms with E-state index in [1.54, 1.807) is 0 Å². The van der Waals surface area contributed by atoms with Gasteiger partial charge in [0.1, 0.15) is 0 Å². The molecule has 0 saturated heterocycles. The molecule has 0 fully saturated rings. The molecular formula is C21H21NO2Si. The van der Waals surface area contributed by atoms with Crippen LogP contribution in [0.1, 0.15) is 6.92 Å². The number of rotatable bonds is 5. The van der Waals surface area contributed by atoms with Gasteiger partial charge in [0.2, 0.25) is 0 Å². The number of hydrogen-bond donors (Lipinski definition) is 1. The number of hydrogen-bond acceptors (Lipinski definition) is 2. The summed E-state index contributed by atoms with van der Waals surface area (Å²) in [6.07, 6.45) is -0.384. The lowest BCUT2D eigenvalue weighted by Crippen LogP contribution is -2.77. The zero-order valence-electron chi connectivity index (χ0n) is 14.2. The summed E-state index contributed by atoms with van der Waals surface area (Å²) in [5.41, 5.74) is 0. The second-order valence-electron chi connectivity index (χ2n) is 5.69. The minimum absolute atomic E-state index is 0.342. The highest BCUT2D eigenvalue weighted by atomic mass is 28.3. The number of amides is 1. The van der Waals surface area contributed by atoms with Crippen molar-refractivity contribution in [3.63, 3.8) is 0 Å². The first-order valence-electron chi connectivity index (χ1n) is 8.39. The van der Waals surface area contributed by atoms with Crippen LogP contribution in [0, 0.1) is 0 Å². The van der Waals surface area contributed by atoms with E-state index in [0.29, 0.717) is 6.61 Å². The number of carbonyl (C=O) groups excluding carboxylic acids is 1. The Hall–Kier alpha value is -2.85. The van der Waals surface area contributed by atoms with Crippen molar-refractivity contribution in [2.75, 3.05) is 6.61 Å². The first-order valence-corrected chi connectivity index (χ1v) is 10.4. The van der Waals surface area contributed by atoms with E-state index in [1.165, 1.54) is 0 Å². The average molecular weight is 347 g/mol. The quantitative estimate of drug-likeness (QED) is 0.569. The Balaban J connectivity index is 2.26. The molecule has 0 atom stereocenters. The Morgan fingerprint density at radius 1 is 0.760 bits per heavy atom. The molecule has 0 saturated carbocycles. The van der Waals surface area contributed by atoms with E-state index in [1.807, 2.05) is 61.5 Å². The molecule has 0 aliphatic heterocycles. The van der Waals surface area contributed by atoms with E-state index in [-0.39, 0.29) is 6.09 Å². The van der Waals surface area contributed by atoms with Gasteiger partial charge in [0, 0.05) is 0 Å². The maximum atomic E-state index is 12.5. The fourth-order valence-electron chi connectivity index (χ4n) is 3.10. The minimum Gasteiger partial charge on any atom is -0.450 e. The van der Waals surface area contributed by atoms with Gasteiger partial charge in [-0.1, -0.05) is 91.0 Å². The molecule has 0 radical (unpaired) electrons. The van der Waals surface area contributed by atoms with Crippen molar-refractivity contribution in [1.29, 1.82) is 0 Å². The Morgan fingerprint density at radius 2 is 1.12 bits per heavy atom. The van der Waals surface area contributed by atoms with Gasteiger partial charge < -0.3 is 9.72 Å². The van der Waals surface area contributed by atoms with E-state index in [9.17, 15) is 4.79 Å². The standard InChI is InChI=1S/C21H21NO2Si/c1-2-24-21(23)22-25(18-12-6-3-7-13-18,19-14-8-4-9-15-19)20-16-10-5-11-17-20/h3-17H,2H2,1H3,(H,22,23). The zero-order valence-corrected chi connectivity index (χ0v) is 15.2. The van der Waals surface area contributed by atoms with Crippen molar-refractivity contribution in [2.45, 2.75) is 6.92 Å². The molecular weight excluding hydrogens is 326 g/mol. The van der Waals surface area contributed by atoms with Crippen molar-refractivity contribution in [3.8, 4) is 0 Å². The topological polar surface area (TPSA) is 38.3 Å². The summed E-state index contributed by atoms with van der Waals surface area (Å²) in [4.78, 5) is 15.7. The van der Waals surface area contributed by atoms with Gasteiger partial charge in [-0.15, -0.1) is 0 Å². The molecule has 3 rings (SSSR count). The third-order valence-corrected chi connectivity index (χ3v) is 8.36. The molecule has 3 nitrogen and oxygen atoms in total. The molecule has 0 spiro atoms. The van der Waals surface area contributed by atoms with Crippen LogP contribution in [0.15, 0.2) is 91.0 Å². The lowest BCUT2D eigenvalue weighted by atomic mass is 10.3. The number of ether oxygens (including phenoxy) is 1. The fraction of sp³-hybridized carbons (Fsp3) is 0.0952. The molecule has 3 aromatic rings. The highest BCUT2D eigenvalue weighted by Gasteiger charge is 2.42. The maximum absolute atomic E-state index is 12.5. The average Bonchev–Trinajstić information content (AvgIpc) is 2.68.